The topological polar surface area (TPSA) is 49.3 Å². The first-order chi connectivity index (χ1) is 9.97. The van der Waals surface area contributed by atoms with Gasteiger partial charge >= 0.3 is 0 Å². The SMILES string of the molecule is CN=C(NCc1sc(C)nc1C)NC1CC(C)CC(C)C1. The van der Waals surface area contributed by atoms with Crippen molar-refractivity contribution in [3.8, 4) is 0 Å². The number of aromatic nitrogens is 1. The normalized spacial score (nSPS) is 26.7. The number of aryl methyl sites for hydroxylation is 2. The average Bonchev–Trinajstić information content (AvgIpc) is 2.71. The first-order valence-corrected chi connectivity index (χ1v) is 8.69. The molecule has 21 heavy (non-hydrogen) atoms. The van der Waals surface area contributed by atoms with Gasteiger partial charge in [-0.15, -0.1) is 11.3 Å². The molecule has 5 heteroatoms. The van der Waals surface area contributed by atoms with Crippen LogP contribution in [-0.2, 0) is 6.54 Å². The lowest BCUT2D eigenvalue weighted by Crippen LogP contribution is -2.45. The molecule has 0 radical (unpaired) electrons. The Labute approximate surface area is 132 Å². The molecule has 1 aromatic heterocycles. The molecule has 2 N–H and O–H groups in total. The van der Waals surface area contributed by atoms with E-state index in [-0.39, 0.29) is 0 Å². The molecule has 0 saturated heterocycles. The van der Waals surface area contributed by atoms with Gasteiger partial charge in [-0.25, -0.2) is 4.98 Å². The number of aliphatic imine (C=N–C) groups is 1. The Morgan fingerprint density at radius 2 is 1.90 bits per heavy atom. The highest BCUT2D eigenvalue weighted by molar-refractivity contribution is 7.11. The zero-order valence-corrected chi connectivity index (χ0v) is 14.7. The van der Waals surface area contributed by atoms with Crippen LogP contribution in [0.1, 0.15) is 48.7 Å². The van der Waals surface area contributed by atoms with Crippen LogP contribution < -0.4 is 10.6 Å². The van der Waals surface area contributed by atoms with Crippen LogP contribution in [0, 0.1) is 25.7 Å². The molecule has 2 unspecified atom stereocenters. The molecule has 118 valence electrons. The van der Waals surface area contributed by atoms with Crippen LogP contribution in [0.25, 0.3) is 0 Å². The largest absolute Gasteiger partial charge is 0.354 e. The molecule has 1 fully saturated rings. The van der Waals surface area contributed by atoms with Crippen LogP contribution in [0.2, 0.25) is 0 Å². The first-order valence-electron chi connectivity index (χ1n) is 7.88. The van der Waals surface area contributed by atoms with Gasteiger partial charge in [0.15, 0.2) is 5.96 Å². The summed E-state index contributed by atoms with van der Waals surface area (Å²) in [6, 6.07) is 0.541. The number of guanidine groups is 1. The van der Waals surface area contributed by atoms with Crippen LogP contribution in [0.3, 0.4) is 0 Å². The highest BCUT2D eigenvalue weighted by atomic mass is 32.1. The predicted octanol–water partition coefficient (Wildman–Crippen LogP) is 3.25. The van der Waals surface area contributed by atoms with Crippen LogP contribution in [0.5, 0.6) is 0 Å². The molecule has 4 nitrogen and oxygen atoms in total. The zero-order chi connectivity index (χ0) is 15.4. The molecule has 1 saturated carbocycles. The fraction of sp³-hybridized carbons (Fsp3) is 0.750. The van der Waals surface area contributed by atoms with E-state index < -0.39 is 0 Å². The van der Waals surface area contributed by atoms with Gasteiger partial charge in [-0.1, -0.05) is 13.8 Å². The number of hydrogen-bond donors (Lipinski definition) is 2. The van der Waals surface area contributed by atoms with Crippen LogP contribution in [-0.4, -0.2) is 24.0 Å². The van der Waals surface area contributed by atoms with E-state index in [2.05, 4.69) is 48.3 Å². The van der Waals surface area contributed by atoms with Crippen molar-refractivity contribution in [3.63, 3.8) is 0 Å². The van der Waals surface area contributed by atoms with Gasteiger partial charge in [0, 0.05) is 18.0 Å². The molecule has 1 heterocycles. The quantitative estimate of drug-likeness (QED) is 0.666. The molecule has 0 aromatic carbocycles. The standard InChI is InChI=1S/C16H28N4S/c1-10-6-11(2)8-14(7-10)20-16(17-5)18-9-15-12(3)19-13(4)21-15/h10-11,14H,6-9H2,1-5H3,(H2,17,18,20). The molecule has 2 atom stereocenters. The Balaban J connectivity index is 1.87. The minimum absolute atomic E-state index is 0.541. The maximum Gasteiger partial charge on any atom is 0.191 e. The van der Waals surface area contributed by atoms with Gasteiger partial charge in [0.2, 0.25) is 0 Å². The summed E-state index contributed by atoms with van der Waals surface area (Å²) in [6.07, 6.45) is 3.83. The van der Waals surface area contributed by atoms with E-state index in [1.54, 1.807) is 11.3 Å². The summed E-state index contributed by atoms with van der Waals surface area (Å²) in [5.74, 6) is 2.51. The van der Waals surface area contributed by atoms with Crippen LogP contribution >= 0.6 is 11.3 Å². The van der Waals surface area contributed by atoms with Gasteiger partial charge in [-0.3, -0.25) is 4.99 Å². The molecular weight excluding hydrogens is 280 g/mol. The minimum atomic E-state index is 0.541. The molecule has 0 bridgehead atoms. The Morgan fingerprint density at radius 1 is 1.24 bits per heavy atom. The molecule has 0 aliphatic heterocycles. The van der Waals surface area contributed by atoms with Crippen molar-refractivity contribution in [2.75, 3.05) is 7.05 Å². The molecule has 1 aromatic rings. The lowest BCUT2D eigenvalue weighted by atomic mass is 9.80. The molecule has 1 aliphatic carbocycles. The molecule has 0 amide bonds. The van der Waals surface area contributed by atoms with Crippen molar-refractivity contribution in [1.82, 2.24) is 15.6 Å². The molecule has 1 aliphatic rings. The van der Waals surface area contributed by atoms with E-state index in [1.165, 1.54) is 24.1 Å². The molecular formula is C16H28N4S. The number of nitrogens with one attached hydrogen (secondary N) is 2. The van der Waals surface area contributed by atoms with E-state index in [1.807, 2.05) is 7.05 Å². The van der Waals surface area contributed by atoms with E-state index in [4.69, 9.17) is 0 Å². The van der Waals surface area contributed by atoms with Gasteiger partial charge in [0.1, 0.15) is 0 Å². The third kappa shape index (κ3) is 4.70. The second kappa shape index (κ2) is 7.25. The van der Waals surface area contributed by atoms with Crippen molar-refractivity contribution in [1.29, 1.82) is 0 Å². The average molecular weight is 308 g/mol. The smallest absolute Gasteiger partial charge is 0.191 e. The van der Waals surface area contributed by atoms with E-state index in [9.17, 15) is 0 Å². The van der Waals surface area contributed by atoms with Gasteiger partial charge in [-0.05, 0) is 44.9 Å². The number of thiazole rings is 1. The van der Waals surface area contributed by atoms with Crippen molar-refractivity contribution < 1.29 is 0 Å². The minimum Gasteiger partial charge on any atom is -0.354 e. The monoisotopic (exact) mass is 308 g/mol. The number of nitrogens with zero attached hydrogens (tertiary/aromatic N) is 2. The van der Waals surface area contributed by atoms with E-state index in [0.29, 0.717) is 6.04 Å². The summed E-state index contributed by atoms with van der Waals surface area (Å²) in [4.78, 5) is 10.1. The highest BCUT2D eigenvalue weighted by Gasteiger charge is 2.24. The highest BCUT2D eigenvalue weighted by Crippen LogP contribution is 2.28. The fourth-order valence-corrected chi connectivity index (χ4v) is 4.23. The van der Waals surface area contributed by atoms with Gasteiger partial charge in [0.05, 0.1) is 17.2 Å². The van der Waals surface area contributed by atoms with Crippen molar-refractivity contribution in [2.24, 2.45) is 16.8 Å². The Hall–Kier alpha value is -1.10. The van der Waals surface area contributed by atoms with Crippen molar-refractivity contribution in [2.45, 2.75) is 59.5 Å². The molecule has 2 rings (SSSR count). The zero-order valence-electron chi connectivity index (χ0n) is 13.9. The van der Waals surface area contributed by atoms with Crippen molar-refractivity contribution >= 4 is 17.3 Å². The lowest BCUT2D eigenvalue weighted by Gasteiger charge is -2.32. The first kappa shape index (κ1) is 16.3. The summed E-state index contributed by atoms with van der Waals surface area (Å²) in [6.45, 7) is 9.63. The van der Waals surface area contributed by atoms with Gasteiger partial charge in [0.25, 0.3) is 0 Å². The second-order valence-electron chi connectivity index (χ2n) is 6.43. The summed E-state index contributed by atoms with van der Waals surface area (Å²) >= 11 is 1.76. The summed E-state index contributed by atoms with van der Waals surface area (Å²) in [7, 11) is 1.84. The third-order valence-electron chi connectivity index (χ3n) is 4.16. The van der Waals surface area contributed by atoms with Gasteiger partial charge in [-0.2, -0.15) is 0 Å². The Morgan fingerprint density at radius 3 is 2.43 bits per heavy atom. The Bertz CT molecular complexity index is 484. The van der Waals surface area contributed by atoms with E-state index >= 15 is 0 Å². The fourth-order valence-electron chi connectivity index (χ4n) is 3.35. The van der Waals surface area contributed by atoms with Gasteiger partial charge < -0.3 is 10.6 Å². The second-order valence-corrected chi connectivity index (χ2v) is 7.71. The predicted molar refractivity (Wildman–Crippen MR) is 90.9 cm³/mol. The Kier molecular flexibility index (Phi) is 5.62. The maximum atomic E-state index is 4.47. The van der Waals surface area contributed by atoms with Crippen molar-refractivity contribution in [3.05, 3.63) is 15.6 Å². The summed E-state index contributed by atoms with van der Waals surface area (Å²) in [5.41, 5.74) is 1.13. The van der Waals surface area contributed by atoms with Crippen LogP contribution in [0.4, 0.5) is 0 Å². The van der Waals surface area contributed by atoms with E-state index in [0.717, 1.165) is 35.0 Å². The number of rotatable bonds is 3. The summed E-state index contributed by atoms with van der Waals surface area (Å²) < 4.78 is 0. The van der Waals surface area contributed by atoms with Crippen LogP contribution in [0.15, 0.2) is 4.99 Å². The summed E-state index contributed by atoms with van der Waals surface area (Å²) in [5, 5.41) is 8.14. The molecule has 0 spiro atoms. The lowest BCUT2D eigenvalue weighted by molar-refractivity contribution is 0.255. The maximum absolute atomic E-state index is 4.47. The number of hydrogen-bond acceptors (Lipinski definition) is 3. The third-order valence-corrected chi connectivity index (χ3v) is 5.23.